The van der Waals surface area contributed by atoms with E-state index in [1.54, 1.807) is 17.8 Å². The molecule has 0 atom stereocenters. The molecule has 0 unspecified atom stereocenters. The summed E-state index contributed by atoms with van der Waals surface area (Å²) in [6.07, 6.45) is 2.91. The molecule has 4 heteroatoms. The molecule has 2 rings (SSSR count). The van der Waals surface area contributed by atoms with Crippen molar-refractivity contribution in [3.05, 3.63) is 41.2 Å². The molecule has 0 bridgehead atoms. The van der Waals surface area contributed by atoms with Gasteiger partial charge in [-0.25, -0.2) is 9.97 Å². The lowest BCUT2D eigenvalue weighted by Gasteiger charge is -2.04. The summed E-state index contributed by atoms with van der Waals surface area (Å²) >= 11 is 7.70. The van der Waals surface area contributed by atoms with Gasteiger partial charge in [-0.05, 0) is 30.9 Å². The van der Waals surface area contributed by atoms with Gasteiger partial charge in [0.15, 0.2) is 5.82 Å². The van der Waals surface area contributed by atoms with E-state index in [1.165, 1.54) is 4.90 Å². The van der Waals surface area contributed by atoms with Gasteiger partial charge in [0.05, 0.1) is 0 Å². The van der Waals surface area contributed by atoms with Crippen molar-refractivity contribution in [2.45, 2.75) is 18.2 Å². The van der Waals surface area contributed by atoms with Crippen molar-refractivity contribution in [3.8, 4) is 11.4 Å². The van der Waals surface area contributed by atoms with E-state index in [0.29, 0.717) is 11.0 Å². The van der Waals surface area contributed by atoms with E-state index < -0.39 is 0 Å². The second-order valence-corrected chi connectivity index (χ2v) is 4.85. The molecule has 0 aliphatic heterocycles. The highest BCUT2D eigenvalue weighted by molar-refractivity contribution is 7.98. The highest BCUT2D eigenvalue weighted by Crippen LogP contribution is 2.22. The van der Waals surface area contributed by atoms with E-state index in [0.717, 1.165) is 17.7 Å². The van der Waals surface area contributed by atoms with Crippen molar-refractivity contribution in [1.82, 2.24) is 9.97 Å². The zero-order valence-corrected chi connectivity index (χ0v) is 11.3. The lowest BCUT2D eigenvalue weighted by atomic mass is 10.2. The molecule has 0 N–H and O–H groups in total. The summed E-state index contributed by atoms with van der Waals surface area (Å²) in [6, 6.07) is 9.99. The maximum absolute atomic E-state index is 5.98. The summed E-state index contributed by atoms with van der Waals surface area (Å²) in [5, 5.41) is 0.501. The van der Waals surface area contributed by atoms with Gasteiger partial charge in [-0.1, -0.05) is 30.7 Å². The normalized spacial score (nSPS) is 10.5. The third-order valence-electron chi connectivity index (χ3n) is 2.46. The number of hydrogen-bond acceptors (Lipinski definition) is 3. The third-order valence-corrected chi connectivity index (χ3v) is 3.40. The van der Waals surface area contributed by atoms with Gasteiger partial charge in [-0.15, -0.1) is 11.8 Å². The van der Waals surface area contributed by atoms with Crippen LogP contribution in [-0.4, -0.2) is 16.2 Å². The second-order valence-electron chi connectivity index (χ2n) is 3.59. The fraction of sp³-hybridized carbons (Fsp3) is 0.231. The largest absolute Gasteiger partial charge is 0.233 e. The van der Waals surface area contributed by atoms with E-state index in [9.17, 15) is 0 Å². The Hall–Kier alpha value is -1.06. The standard InChI is InChI=1S/C13H13ClN2S/c1-3-10-8-12(14)16-13(15-10)9-4-6-11(17-2)7-5-9/h4-8H,3H2,1-2H3. The van der Waals surface area contributed by atoms with Gasteiger partial charge in [-0.2, -0.15) is 0 Å². The van der Waals surface area contributed by atoms with Crippen LogP contribution >= 0.6 is 23.4 Å². The molecule has 0 saturated carbocycles. The molecule has 2 nitrogen and oxygen atoms in total. The Kier molecular flexibility index (Phi) is 4.02. The number of aromatic nitrogens is 2. The van der Waals surface area contributed by atoms with Crippen LogP contribution in [0.5, 0.6) is 0 Å². The first-order valence-corrected chi connectivity index (χ1v) is 7.01. The second kappa shape index (κ2) is 5.52. The fourth-order valence-corrected chi connectivity index (χ4v) is 2.13. The van der Waals surface area contributed by atoms with E-state index in [-0.39, 0.29) is 0 Å². The zero-order valence-electron chi connectivity index (χ0n) is 9.77. The van der Waals surface area contributed by atoms with Gasteiger partial charge in [0.25, 0.3) is 0 Å². The Balaban J connectivity index is 2.41. The summed E-state index contributed by atoms with van der Waals surface area (Å²) in [5.74, 6) is 0.696. The predicted octanol–water partition coefficient (Wildman–Crippen LogP) is 4.08. The van der Waals surface area contributed by atoms with Crippen molar-refractivity contribution in [1.29, 1.82) is 0 Å². The Bertz CT molecular complexity index is 511. The van der Waals surface area contributed by atoms with Gasteiger partial charge in [0.1, 0.15) is 5.15 Å². The summed E-state index contributed by atoms with van der Waals surface area (Å²) in [4.78, 5) is 9.96. The average molecular weight is 265 g/mol. The third kappa shape index (κ3) is 2.99. The number of aryl methyl sites for hydroxylation is 1. The van der Waals surface area contributed by atoms with Crippen LogP contribution < -0.4 is 0 Å². The monoisotopic (exact) mass is 264 g/mol. The topological polar surface area (TPSA) is 25.8 Å². The van der Waals surface area contributed by atoms with E-state index in [2.05, 4.69) is 35.3 Å². The number of rotatable bonds is 3. The molecule has 17 heavy (non-hydrogen) atoms. The molecule has 0 spiro atoms. The Labute approximate surface area is 110 Å². The quantitative estimate of drug-likeness (QED) is 0.617. The van der Waals surface area contributed by atoms with Crippen LogP contribution in [-0.2, 0) is 6.42 Å². The Morgan fingerprint density at radius 2 is 1.88 bits per heavy atom. The molecule has 1 aromatic heterocycles. The van der Waals surface area contributed by atoms with Crippen molar-refractivity contribution in [2.75, 3.05) is 6.26 Å². The highest BCUT2D eigenvalue weighted by Gasteiger charge is 2.05. The molecular weight excluding hydrogens is 252 g/mol. The summed E-state index contributed by atoms with van der Waals surface area (Å²) < 4.78 is 0. The minimum Gasteiger partial charge on any atom is -0.233 e. The van der Waals surface area contributed by atoms with Crippen LogP contribution in [0.15, 0.2) is 35.2 Å². The summed E-state index contributed by atoms with van der Waals surface area (Å²) in [7, 11) is 0. The maximum atomic E-state index is 5.98. The molecule has 0 saturated heterocycles. The first-order chi connectivity index (χ1) is 8.22. The van der Waals surface area contributed by atoms with Crippen molar-refractivity contribution >= 4 is 23.4 Å². The first-order valence-electron chi connectivity index (χ1n) is 5.41. The zero-order chi connectivity index (χ0) is 12.3. The van der Waals surface area contributed by atoms with E-state index in [4.69, 9.17) is 11.6 Å². The van der Waals surface area contributed by atoms with Crippen LogP contribution in [0.2, 0.25) is 5.15 Å². The minimum atomic E-state index is 0.501. The van der Waals surface area contributed by atoms with Crippen molar-refractivity contribution in [3.63, 3.8) is 0 Å². The lowest BCUT2D eigenvalue weighted by molar-refractivity contribution is 1.00. The number of thioether (sulfide) groups is 1. The molecule has 0 aliphatic rings. The number of hydrogen-bond donors (Lipinski definition) is 0. The smallest absolute Gasteiger partial charge is 0.161 e. The summed E-state index contributed by atoms with van der Waals surface area (Å²) in [6.45, 7) is 2.05. The van der Waals surface area contributed by atoms with Crippen LogP contribution in [0, 0.1) is 0 Å². The van der Waals surface area contributed by atoms with E-state index >= 15 is 0 Å². The SMILES string of the molecule is CCc1cc(Cl)nc(-c2ccc(SC)cc2)n1. The van der Waals surface area contributed by atoms with Gasteiger partial charge in [0, 0.05) is 16.2 Å². The maximum Gasteiger partial charge on any atom is 0.161 e. The number of nitrogens with zero attached hydrogens (tertiary/aromatic N) is 2. The number of benzene rings is 1. The molecule has 2 aromatic rings. The molecule has 1 heterocycles. The first kappa shape index (κ1) is 12.4. The fourth-order valence-electron chi connectivity index (χ4n) is 1.51. The van der Waals surface area contributed by atoms with Crippen LogP contribution in [0.3, 0.4) is 0 Å². The molecule has 88 valence electrons. The highest BCUT2D eigenvalue weighted by atomic mass is 35.5. The molecule has 0 aliphatic carbocycles. The van der Waals surface area contributed by atoms with Gasteiger partial charge >= 0.3 is 0 Å². The van der Waals surface area contributed by atoms with Crippen molar-refractivity contribution in [2.24, 2.45) is 0 Å². The van der Waals surface area contributed by atoms with Crippen LogP contribution in [0.4, 0.5) is 0 Å². The van der Waals surface area contributed by atoms with E-state index in [1.807, 2.05) is 12.1 Å². The molecular formula is C13H13ClN2S. The molecule has 0 fully saturated rings. The lowest BCUT2D eigenvalue weighted by Crippen LogP contribution is -1.94. The predicted molar refractivity (Wildman–Crippen MR) is 73.6 cm³/mol. The van der Waals surface area contributed by atoms with Gasteiger partial charge in [-0.3, -0.25) is 0 Å². The molecule has 0 amide bonds. The summed E-state index contributed by atoms with van der Waals surface area (Å²) in [5.41, 5.74) is 1.97. The molecule has 0 radical (unpaired) electrons. The average Bonchev–Trinajstić information content (AvgIpc) is 2.38. The number of halogens is 1. The van der Waals surface area contributed by atoms with Gasteiger partial charge in [0.2, 0.25) is 0 Å². The van der Waals surface area contributed by atoms with Crippen molar-refractivity contribution < 1.29 is 0 Å². The van der Waals surface area contributed by atoms with Gasteiger partial charge < -0.3 is 0 Å². The molecule has 1 aromatic carbocycles. The Morgan fingerprint density at radius 3 is 2.47 bits per heavy atom. The van der Waals surface area contributed by atoms with Crippen LogP contribution in [0.1, 0.15) is 12.6 Å². The minimum absolute atomic E-state index is 0.501. The van der Waals surface area contributed by atoms with Crippen LogP contribution in [0.25, 0.3) is 11.4 Å². The Morgan fingerprint density at radius 1 is 1.18 bits per heavy atom.